The number of aromatic nitrogens is 2. The highest BCUT2D eigenvalue weighted by atomic mass is 32.2. The van der Waals surface area contributed by atoms with Gasteiger partial charge in [-0.15, -0.1) is 0 Å². The Morgan fingerprint density at radius 1 is 0.964 bits per heavy atom. The number of ether oxygens (including phenoxy) is 3. The van der Waals surface area contributed by atoms with E-state index in [9.17, 15) is 4.21 Å². The first kappa shape index (κ1) is 18.1. The lowest BCUT2D eigenvalue weighted by atomic mass is 10.3. The van der Waals surface area contributed by atoms with Gasteiger partial charge < -0.3 is 23.6 Å². The predicted octanol–water partition coefficient (Wildman–Crippen LogP) is 4.02. The van der Waals surface area contributed by atoms with Gasteiger partial charge in [0.15, 0.2) is 23.1 Å². The summed E-state index contributed by atoms with van der Waals surface area (Å²) in [6.45, 7) is 0. The van der Waals surface area contributed by atoms with E-state index < -0.39 is 10.8 Å². The molecular weight excluding hydrogens is 380 g/mol. The van der Waals surface area contributed by atoms with Crippen molar-refractivity contribution >= 4 is 21.8 Å². The molecule has 28 heavy (non-hydrogen) atoms. The monoisotopic (exact) mass is 398 g/mol. The average molecular weight is 398 g/mol. The Morgan fingerprint density at radius 2 is 1.71 bits per heavy atom. The number of hydrogen-bond acceptors (Lipinski definition) is 6. The van der Waals surface area contributed by atoms with Crippen LogP contribution in [0.4, 0.5) is 0 Å². The van der Waals surface area contributed by atoms with Gasteiger partial charge in [-0.2, -0.15) is 0 Å². The van der Waals surface area contributed by atoms with Gasteiger partial charge in [0.25, 0.3) is 0 Å². The van der Waals surface area contributed by atoms with E-state index in [1.165, 1.54) is 21.3 Å². The van der Waals surface area contributed by atoms with E-state index in [0.717, 1.165) is 11.0 Å². The molecule has 144 valence electrons. The molecule has 2 heterocycles. The molecule has 0 aliphatic heterocycles. The summed E-state index contributed by atoms with van der Waals surface area (Å²) >= 11 is 0. The predicted molar refractivity (Wildman–Crippen MR) is 105 cm³/mol. The first-order chi connectivity index (χ1) is 13.6. The van der Waals surface area contributed by atoms with Gasteiger partial charge in [-0.3, -0.25) is 0 Å². The van der Waals surface area contributed by atoms with Crippen LogP contribution in [0, 0.1) is 0 Å². The lowest BCUT2D eigenvalue weighted by Gasteiger charge is -2.14. The van der Waals surface area contributed by atoms with Gasteiger partial charge in [0, 0.05) is 17.0 Å². The molecule has 0 aliphatic rings. The number of imidazole rings is 1. The van der Waals surface area contributed by atoms with Gasteiger partial charge in [0.2, 0.25) is 5.75 Å². The second-order valence-corrected chi connectivity index (χ2v) is 7.35. The van der Waals surface area contributed by atoms with E-state index in [-0.39, 0.29) is 0 Å². The molecule has 0 saturated heterocycles. The highest BCUT2D eigenvalue weighted by Gasteiger charge is 2.18. The molecule has 8 heteroatoms. The minimum Gasteiger partial charge on any atom is -0.493 e. The summed E-state index contributed by atoms with van der Waals surface area (Å²) in [4.78, 5) is 8.86. The van der Waals surface area contributed by atoms with Crippen molar-refractivity contribution in [1.29, 1.82) is 0 Å². The molecule has 1 N–H and O–H groups in total. The number of rotatable bonds is 6. The fourth-order valence-corrected chi connectivity index (χ4v) is 4.05. The van der Waals surface area contributed by atoms with Crippen molar-refractivity contribution in [2.75, 3.05) is 21.3 Å². The Kier molecular flexibility index (Phi) is 4.79. The Hall–Kier alpha value is -3.26. The van der Waals surface area contributed by atoms with Gasteiger partial charge in [0.05, 0.1) is 54.3 Å². The molecule has 1 unspecified atom stereocenters. The normalized spacial score (nSPS) is 12.1. The summed E-state index contributed by atoms with van der Waals surface area (Å²) in [6, 6.07) is 12.4. The van der Waals surface area contributed by atoms with Crippen LogP contribution in [-0.2, 0) is 10.8 Å². The molecule has 0 spiro atoms. The SMILES string of the molecule is COc1cc(S(=O)c2ccc3nc(-c4ccco4)[nH]c3c2)cc(OC)c1OC. The van der Waals surface area contributed by atoms with Crippen LogP contribution in [-0.4, -0.2) is 35.5 Å². The molecule has 4 rings (SSSR count). The van der Waals surface area contributed by atoms with Crippen molar-refractivity contribution in [3.8, 4) is 28.8 Å². The number of furan rings is 1. The molecule has 2 aromatic heterocycles. The van der Waals surface area contributed by atoms with E-state index in [4.69, 9.17) is 18.6 Å². The summed E-state index contributed by atoms with van der Waals surface area (Å²) in [5, 5.41) is 0. The lowest BCUT2D eigenvalue weighted by Crippen LogP contribution is -1.99. The molecular formula is C20H18N2O5S. The Balaban J connectivity index is 1.74. The van der Waals surface area contributed by atoms with Crippen molar-refractivity contribution < 1.29 is 22.8 Å². The molecule has 7 nitrogen and oxygen atoms in total. The number of benzene rings is 2. The van der Waals surface area contributed by atoms with E-state index in [1.807, 2.05) is 18.2 Å². The fraction of sp³-hybridized carbons (Fsp3) is 0.150. The van der Waals surface area contributed by atoms with Crippen LogP contribution in [0.15, 0.2) is 62.9 Å². The molecule has 1 atom stereocenters. The quantitative estimate of drug-likeness (QED) is 0.528. The van der Waals surface area contributed by atoms with Crippen LogP contribution in [0.1, 0.15) is 0 Å². The summed E-state index contributed by atoms with van der Waals surface area (Å²) in [7, 11) is 3.13. The highest BCUT2D eigenvalue weighted by molar-refractivity contribution is 7.85. The average Bonchev–Trinajstić information content (AvgIpc) is 3.40. The maximum Gasteiger partial charge on any atom is 0.203 e. The second kappa shape index (κ2) is 7.40. The molecule has 0 fully saturated rings. The second-order valence-electron chi connectivity index (χ2n) is 5.87. The van der Waals surface area contributed by atoms with Gasteiger partial charge >= 0.3 is 0 Å². The lowest BCUT2D eigenvalue weighted by molar-refractivity contribution is 0.323. The van der Waals surface area contributed by atoms with Crippen LogP contribution < -0.4 is 14.2 Å². The fourth-order valence-electron chi connectivity index (χ4n) is 2.93. The number of hydrogen-bond donors (Lipinski definition) is 1. The molecule has 4 aromatic rings. The molecule has 0 radical (unpaired) electrons. The Bertz CT molecular complexity index is 1130. The molecule has 0 amide bonds. The van der Waals surface area contributed by atoms with Gasteiger partial charge in [0.1, 0.15) is 0 Å². The molecule has 2 aromatic carbocycles. The van der Waals surface area contributed by atoms with E-state index >= 15 is 0 Å². The molecule has 0 bridgehead atoms. The third-order valence-corrected chi connectivity index (χ3v) is 5.62. The van der Waals surface area contributed by atoms with E-state index in [1.54, 1.807) is 30.5 Å². The third-order valence-electron chi connectivity index (χ3n) is 4.27. The van der Waals surface area contributed by atoms with Gasteiger partial charge in [-0.25, -0.2) is 9.19 Å². The standard InChI is InChI=1S/C20H18N2O5S/c1-24-17-10-13(11-18(25-2)19(17)26-3)28(23)12-6-7-14-15(9-12)22-20(21-14)16-5-4-8-27-16/h4-11H,1-3H3,(H,21,22). The Morgan fingerprint density at radius 3 is 2.32 bits per heavy atom. The summed E-state index contributed by atoms with van der Waals surface area (Å²) in [5.74, 6) is 2.62. The van der Waals surface area contributed by atoms with Crippen LogP contribution in [0.5, 0.6) is 17.2 Å². The highest BCUT2D eigenvalue weighted by Crippen LogP contribution is 2.40. The first-order valence-corrected chi connectivity index (χ1v) is 9.55. The van der Waals surface area contributed by atoms with Gasteiger partial charge in [-0.05, 0) is 30.3 Å². The molecule has 0 saturated carbocycles. The Labute approximate surface area is 163 Å². The summed E-state index contributed by atoms with van der Waals surface area (Å²) in [6.07, 6.45) is 1.59. The number of methoxy groups -OCH3 is 3. The molecule has 0 aliphatic carbocycles. The zero-order valence-corrected chi connectivity index (χ0v) is 16.3. The largest absolute Gasteiger partial charge is 0.493 e. The van der Waals surface area contributed by atoms with Crippen molar-refractivity contribution in [2.24, 2.45) is 0 Å². The maximum atomic E-state index is 13.2. The maximum absolute atomic E-state index is 13.2. The van der Waals surface area contributed by atoms with Gasteiger partial charge in [-0.1, -0.05) is 0 Å². The number of nitrogens with zero attached hydrogens (tertiary/aromatic N) is 1. The van der Waals surface area contributed by atoms with Crippen molar-refractivity contribution in [3.05, 3.63) is 48.7 Å². The number of aromatic amines is 1. The number of fused-ring (bicyclic) bond motifs is 1. The number of H-pyrrole nitrogens is 1. The minimum atomic E-state index is -1.45. The van der Waals surface area contributed by atoms with E-state index in [0.29, 0.717) is 38.6 Å². The zero-order chi connectivity index (χ0) is 19.7. The summed E-state index contributed by atoms with van der Waals surface area (Å²) in [5.41, 5.74) is 1.53. The van der Waals surface area contributed by atoms with Crippen molar-refractivity contribution in [1.82, 2.24) is 9.97 Å². The number of nitrogens with one attached hydrogen (secondary N) is 1. The minimum absolute atomic E-state index is 0.452. The van der Waals surface area contributed by atoms with Crippen LogP contribution in [0.25, 0.3) is 22.6 Å². The smallest absolute Gasteiger partial charge is 0.203 e. The van der Waals surface area contributed by atoms with E-state index in [2.05, 4.69) is 9.97 Å². The van der Waals surface area contributed by atoms with Crippen LogP contribution in [0.2, 0.25) is 0 Å². The van der Waals surface area contributed by atoms with Crippen LogP contribution in [0.3, 0.4) is 0 Å². The third kappa shape index (κ3) is 3.11. The summed E-state index contributed by atoms with van der Waals surface area (Å²) < 4.78 is 34.6. The van der Waals surface area contributed by atoms with Crippen molar-refractivity contribution in [2.45, 2.75) is 9.79 Å². The van der Waals surface area contributed by atoms with Crippen molar-refractivity contribution in [3.63, 3.8) is 0 Å². The topological polar surface area (TPSA) is 86.6 Å². The first-order valence-electron chi connectivity index (χ1n) is 8.40. The zero-order valence-electron chi connectivity index (χ0n) is 15.5. The van der Waals surface area contributed by atoms with Crippen LogP contribution >= 0.6 is 0 Å².